The third-order valence-electron chi connectivity index (χ3n) is 5.02. The lowest BCUT2D eigenvalue weighted by Gasteiger charge is -2.22. The van der Waals surface area contributed by atoms with E-state index in [0.717, 1.165) is 24.0 Å². The number of Topliss-reactive ketones (excluding diaryl/α,β-unsaturated/α-hetero) is 1. The molecule has 1 amide bonds. The van der Waals surface area contributed by atoms with Crippen molar-refractivity contribution >= 4 is 17.6 Å². The Balaban J connectivity index is 1.61. The average Bonchev–Trinajstić information content (AvgIpc) is 3.57. The van der Waals surface area contributed by atoms with E-state index in [1.165, 1.54) is 0 Å². The number of hydrogen-bond acceptors (Lipinski definition) is 5. The van der Waals surface area contributed by atoms with Gasteiger partial charge >= 0.3 is 6.09 Å². The molecule has 0 saturated heterocycles. The van der Waals surface area contributed by atoms with Gasteiger partial charge in [-0.2, -0.15) is 0 Å². The quantitative estimate of drug-likeness (QED) is 0.537. The van der Waals surface area contributed by atoms with Crippen molar-refractivity contribution in [3.63, 3.8) is 0 Å². The van der Waals surface area contributed by atoms with Gasteiger partial charge in [-0.25, -0.2) is 14.6 Å². The molecule has 168 valence electrons. The van der Waals surface area contributed by atoms with E-state index in [4.69, 9.17) is 16.0 Å². The molecule has 1 heterocycles. The molecule has 2 aromatic rings. The van der Waals surface area contributed by atoms with E-state index >= 15 is 0 Å². The fourth-order valence-electron chi connectivity index (χ4n) is 3.28. The van der Waals surface area contributed by atoms with Crippen LogP contribution >= 0.6 is 0 Å². The first-order valence-electron chi connectivity index (χ1n) is 10.8. The first kappa shape index (κ1) is 23.3. The number of carbonyl (C=O) groups is 2. The van der Waals surface area contributed by atoms with Crippen molar-refractivity contribution in [3.05, 3.63) is 59.1 Å². The molecule has 7 nitrogen and oxygen atoms in total. The van der Waals surface area contributed by atoms with E-state index in [0.29, 0.717) is 29.7 Å². The molecular formula is C25H29N3O4. The number of benzene rings is 1. The number of alkyl carbamates (subject to hydrolysis) is 1. The van der Waals surface area contributed by atoms with Gasteiger partial charge in [0.2, 0.25) is 5.88 Å². The van der Waals surface area contributed by atoms with Crippen molar-refractivity contribution < 1.29 is 19.1 Å². The number of nitrogens with zero attached hydrogens (tertiary/aromatic N) is 2. The Labute approximate surface area is 189 Å². The van der Waals surface area contributed by atoms with Crippen LogP contribution in [0.1, 0.15) is 64.0 Å². The second-order valence-electron chi connectivity index (χ2n) is 8.97. The summed E-state index contributed by atoms with van der Waals surface area (Å²) in [5, 5.41) is 2.64. The number of hydrogen-bond donors (Lipinski definition) is 1. The number of amides is 1. The van der Waals surface area contributed by atoms with Crippen LogP contribution in [0.5, 0.6) is 11.6 Å². The number of ketones is 1. The van der Waals surface area contributed by atoms with Crippen LogP contribution in [0, 0.1) is 6.57 Å². The predicted octanol–water partition coefficient (Wildman–Crippen LogP) is 5.72. The highest BCUT2D eigenvalue weighted by atomic mass is 16.6. The third-order valence-corrected chi connectivity index (χ3v) is 5.02. The summed E-state index contributed by atoms with van der Waals surface area (Å²) in [7, 11) is 0. The SMILES string of the molecule is [C-]#[N+]c1ccc(Oc2ccc(CC(=O)[C@@H](CC)NC(=O)OC(C)(C)C)cn2)c(C2CC2)c1. The maximum atomic E-state index is 12.7. The van der Waals surface area contributed by atoms with Crippen LogP contribution in [-0.2, 0) is 16.0 Å². The number of aromatic nitrogens is 1. The monoisotopic (exact) mass is 435 g/mol. The molecule has 1 aliphatic carbocycles. The van der Waals surface area contributed by atoms with Gasteiger partial charge in [0.05, 0.1) is 12.6 Å². The van der Waals surface area contributed by atoms with Crippen LogP contribution < -0.4 is 10.1 Å². The summed E-state index contributed by atoms with van der Waals surface area (Å²) in [5.41, 5.74) is 1.75. The Morgan fingerprint density at radius 3 is 2.56 bits per heavy atom. The van der Waals surface area contributed by atoms with Crippen molar-refractivity contribution in [3.8, 4) is 11.6 Å². The molecule has 1 atom stereocenters. The Kier molecular flexibility index (Phi) is 7.14. The summed E-state index contributed by atoms with van der Waals surface area (Å²) in [6, 6.07) is 8.34. The summed E-state index contributed by atoms with van der Waals surface area (Å²) in [6.45, 7) is 14.4. The van der Waals surface area contributed by atoms with Crippen LogP contribution in [0.4, 0.5) is 10.5 Å². The molecule has 1 N–H and O–H groups in total. The summed E-state index contributed by atoms with van der Waals surface area (Å²) < 4.78 is 11.2. The normalized spacial score (nSPS) is 14.2. The summed E-state index contributed by atoms with van der Waals surface area (Å²) in [6.07, 6.45) is 3.82. The van der Waals surface area contributed by atoms with Gasteiger partial charge < -0.3 is 14.8 Å². The number of pyridine rings is 1. The van der Waals surface area contributed by atoms with Crippen LogP contribution in [0.15, 0.2) is 36.5 Å². The number of nitrogens with one attached hydrogen (secondary N) is 1. The van der Waals surface area contributed by atoms with Crippen molar-refractivity contribution in [1.82, 2.24) is 10.3 Å². The predicted molar refractivity (Wildman–Crippen MR) is 121 cm³/mol. The van der Waals surface area contributed by atoms with Gasteiger partial charge in [-0.3, -0.25) is 4.79 Å². The van der Waals surface area contributed by atoms with E-state index in [1.54, 1.807) is 45.2 Å². The van der Waals surface area contributed by atoms with Gasteiger partial charge in [-0.05, 0) is 69.2 Å². The Morgan fingerprint density at radius 2 is 2.00 bits per heavy atom. The lowest BCUT2D eigenvalue weighted by Crippen LogP contribution is -2.43. The van der Waals surface area contributed by atoms with E-state index < -0.39 is 17.7 Å². The van der Waals surface area contributed by atoms with Gasteiger partial charge in [0.25, 0.3) is 0 Å². The highest BCUT2D eigenvalue weighted by Gasteiger charge is 2.27. The van der Waals surface area contributed by atoms with Gasteiger partial charge in [0.15, 0.2) is 11.5 Å². The summed E-state index contributed by atoms with van der Waals surface area (Å²) in [5.74, 6) is 1.47. The lowest BCUT2D eigenvalue weighted by atomic mass is 10.0. The van der Waals surface area contributed by atoms with Gasteiger partial charge in [0, 0.05) is 18.7 Å². The van der Waals surface area contributed by atoms with Crippen LogP contribution in [0.25, 0.3) is 4.85 Å². The molecule has 1 aromatic heterocycles. The first-order valence-corrected chi connectivity index (χ1v) is 10.8. The summed E-state index contributed by atoms with van der Waals surface area (Å²) >= 11 is 0. The Bertz CT molecular complexity index is 1010. The molecule has 0 bridgehead atoms. The smallest absolute Gasteiger partial charge is 0.408 e. The van der Waals surface area contributed by atoms with Crippen molar-refractivity contribution in [2.45, 2.75) is 70.9 Å². The molecule has 1 saturated carbocycles. The van der Waals surface area contributed by atoms with Crippen molar-refractivity contribution in [1.29, 1.82) is 0 Å². The van der Waals surface area contributed by atoms with Gasteiger partial charge in [-0.15, -0.1) is 0 Å². The molecule has 1 aromatic carbocycles. The van der Waals surface area contributed by atoms with E-state index in [2.05, 4.69) is 15.1 Å². The third kappa shape index (κ3) is 6.55. The molecular weight excluding hydrogens is 406 g/mol. The minimum absolute atomic E-state index is 0.111. The summed E-state index contributed by atoms with van der Waals surface area (Å²) in [4.78, 5) is 32.5. The van der Waals surface area contributed by atoms with Gasteiger partial charge in [-0.1, -0.05) is 19.1 Å². The fourth-order valence-corrected chi connectivity index (χ4v) is 3.28. The van der Waals surface area contributed by atoms with Gasteiger partial charge in [0.1, 0.15) is 11.4 Å². The second kappa shape index (κ2) is 9.82. The van der Waals surface area contributed by atoms with Crippen LogP contribution in [-0.4, -0.2) is 28.5 Å². The van der Waals surface area contributed by atoms with E-state index in [-0.39, 0.29) is 12.2 Å². The Hall–Kier alpha value is -3.40. The zero-order valence-corrected chi connectivity index (χ0v) is 19.0. The van der Waals surface area contributed by atoms with E-state index in [1.807, 2.05) is 19.1 Å². The molecule has 7 heteroatoms. The average molecular weight is 436 g/mol. The minimum Gasteiger partial charge on any atom is -0.444 e. The zero-order valence-electron chi connectivity index (χ0n) is 19.0. The number of rotatable bonds is 8. The maximum absolute atomic E-state index is 12.7. The number of carbonyl (C=O) groups excluding carboxylic acids is 2. The molecule has 0 spiro atoms. The standard InChI is InChI=1S/C25H29N3O4/c1-6-20(28-24(30)32-25(2,3)4)21(29)13-16-7-12-23(27-15-16)31-22-11-10-18(26-5)14-19(22)17-8-9-17/h7,10-12,14-15,17,20H,6,8-9,13H2,1-4H3,(H,28,30)/t20-/m1/s1. The molecule has 1 aliphatic rings. The highest BCUT2D eigenvalue weighted by Crippen LogP contribution is 2.46. The largest absolute Gasteiger partial charge is 0.444 e. The maximum Gasteiger partial charge on any atom is 0.408 e. The molecule has 3 rings (SSSR count). The van der Waals surface area contributed by atoms with Crippen LogP contribution in [0.3, 0.4) is 0 Å². The van der Waals surface area contributed by atoms with Crippen molar-refractivity contribution in [2.75, 3.05) is 0 Å². The minimum atomic E-state index is -0.624. The lowest BCUT2D eigenvalue weighted by molar-refractivity contribution is -0.120. The highest BCUT2D eigenvalue weighted by molar-refractivity contribution is 5.89. The first-order chi connectivity index (χ1) is 15.2. The molecule has 0 radical (unpaired) electrons. The molecule has 32 heavy (non-hydrogen) atoms. The zero-order chi connectivity index (χ0) is 23.3. The Morgan fingerprint density at radius 1 is 1.25 bits per heavy atom. The molecule has 0 unspecified atom stereocenters. The topological polar surface area (TPSA) is 81.9 Å². The second-order valence-corrected chi connectivity index (χ2v) is 8.97. The van der Waals surface area contributed by atoms with E-state index in [9.17, 15) is 9.59 Å². The molecule has 1 fully saturated rings. The number of ether oxygens (including phenoxy) is 2. The molecule has 0 aliphatic heterocycles. The van der Waals surface area contributed by atoms with Crippen LogP contribution in [0.2, 0.25) is 0 Å². The van der Waals surface area contributed by atoms with Crippen molar-refractivity contribution in [2.24, 2.45) is 0 Å². The fraction of sp³-hybridized carbons (Fsp3) is 0.440.